The van der Waals surface area contributed by atoms with Crippen LogP contribution in [0.25, 0.3) is 0 Å². The zero-order chi connectivity index (χ0) is 24.8. The molecule has 1 aromatic rings. The molecule has 0 radical (unpaired) electrons. The summed E-state index contributed by atoms with van der Waals surface area (Å²) in [6.07, 6.45) is 3.70. The Morgan fingerprint density at radius 3 is 2.37 bits per heavy atom. The summed E-state index contributed by atoms with van der Waals surface area (Å²) < 4.78 is 30.9. The number of nitrogens with zero attached hydrogens (tertiary/aromatic N) is 3. The third kappa shape index (κ3) is 4.86. The molecule has 1 aromatic carbocycles. The molecule has 35 heavy (non-hydrogen) atoms. The van der Waals surface area contributed by atoms with E-state index in [1.54, 1.807) is 30.3 Å². The van der Waals surface area contributed by atoms with Crippen LogP contribution < -0.4 is 11.1 Å². The number of piperidine rings is 1. The molecular formula is C26H33F2N5O2. The Morgan fingerprint density at radius 2 is 1.83 bits per heavy atom. The first-order valence-corrected chi connectivity index (χ1v) is 12.6. The monoisotopic (exact) mass is 485 g/mol. The van der Waals surface area contributed by atoms with Gasteiger partial charge in [0.1, 0.15) is 5.54 Å². The average Bonchev–Trinajstić information content (AvgIpc) is 3.73. The number of primary amides is 1. The molecular weight excluding hydrogens is 452 g/mol. The molecule has 7 nitrogen and oxygen atoms in total. The van der Waals surface area contributed by atoms with Gasteiger partial charge in [0.25, 0.3) is 5.92 Å². The van der Waals surface area contributed by atoms with Crippen LogP contribution in [0, 0.1) is 22.7 Å². The maximum Gasteiger partial charge on any atom is 0.315 e. The highest BCUT2D eigenvalue weighted by Crippen LogP contribution is 2.52. The van der Waals surface area contributed by atoms with Gasteiger partial charge in [-0.05, 0) is 57.2 Å². The molecule has 2 aliphatic carbocycles. The van der Waals surface area contributed by atoms with E-state index in [-0.39, 0.29) is 0 Å². The van der Waals surface area contributed by atoms with Crippen molar-refractivity contribution in [2.45, 2.75) is 74.9 Å². The van der Waals surface area contributed by atoms with E-state index in [2.05, 4.69) is 16.3 Å². The van der Waals surface area contributed by atoms with Crippen molar-refractivity contribution in [2.24, 2.45) is 17.1 Å². The smallest absolute Gasteiger partial charge is 0.315 e. The number of carbonyl (C=O) groups excluding carboxylic acids is 2. The minimum absolute atomic E-state index is 0.392. The first-order valence-electron chi connectivity index (χ1n) is 12.6. The summed E-state index contributed by atoms with van der Waals surface area (Å²) in [6.45, 7) is 2.07. The molecule has 9 heteroatoms. The van der Waals surface area contributed by atoms with Crippen molar-refractivity contribution < 1.29 is 18.4 Å². The lowest BCUT2D eigenvalue weighted by Crippen LogP contribution is -2.73. The number of rotatable bonds is 8. The molecule has 2 aliphatic heterocycles. The molecule has 5 rings (SSSR count). The van der Waals surface area contributed by atoms with Gasteiger partial charge in [-0.1, -0.05) is 30.3 Å². The SMILES string of the molecule is N#CC1(NC(=O)[C@@H](CC(F)(F)Cc2ccccc2)C2N(C(N)=O)CC23CCN(C2CC2)CC3)CC1. The van der Waals surface area contributed by atoms with Crippen LogP contribution in [0.2, 0.25) is 0 Å². The minimum atomic E-state index is -3.17. The molecule has 2 saturated heterocycles. The van der Waals surface area contributed by atoms with Crippen molar-refractivity contribution in [1.82, 2.24) is 15.1 Å². The van der Waals surface area contributed by atoms with Crippen molar-refractivity contribution in [3.63, 3.8) is 0 Å². The number of carbonyl (C=O) groups is 2. The van der Waals surface area contributed by atoms with E-state index >= 15 is 8.78 Å². The van der Waals surface area contributed by atoms with E-state index in [0.717, 1.165) is 25.9 Å². The lowest BCUT2D eigenvalue weighted by atomic mass is 9.60. The molecule has 0 aromatic heterocycles. The zero-order valence-electron chi connectivity index (χ0n) is 19.9. The van der Waals surface area contributed by atoms with Gasteiger partial charge in [0.2, 0.25) is 5.91 Å². The van der Waals surface area contributed by atoms with Gasteiger partial charge in [-0.15, -0.1) is 0 Å². The first kappa shape index (κ1) is 24.0. The summed E-state index contributed by atoms with van der Waals surface area (Å²) in [6, 6.07) is 9.82. The highest BCUT2D eigenvalue weighted by Gasteiger charge is 2.61. The van der Waals surface area contributed by atoms with E-state index in [9.17, 15) is 14.9 Å². The molecule has 4 fully saturated rings. The van der Waals surface area contributed by atoms with E-state index in [0.29, 0.717) is 31.0 Å². The van der Waals surface area contributed by atoms with Crippen LogP contribution in [-0.2, 0) is 11.2 Å². The number of hydrogen-bond donors (Lipinski definition) is 2. The van der Waals surface area contributed by atoms with Crippen LogP contribution in [-0.4, -0.2) is 64.9 Å². The van der Waals surface area contributed by atoms with Crippen molar-refractivity contribution in [2.75, 3.05) is 19.6 Å². The first-order chi connectivity index (χ1) is 16.7. The average molecular weight is 486 g/mol. The summed E-state index contributed by atoms with van der Waals surface area (Å²) in [5, 5.41) is 12.2. The van der Waals surface area contributed by atoms with Crippen molar-refractivity contribution in [3.05, 3.63) is 35.9 Å². The third-order valence-electron chi connectivity index (χ3n) is 8.46. The summed E-state index contributed by atoms with van der Waals surface area (Å²) in [5.74, 6) is -4.88. The van der Waals surface area contributed by atoms with Gasteiger partial charge in [0.15, 0.2) is 0 Å². The fourth-order valence-corrected chi connectivity index (χ4v) is 6.19. The van der Waals surface area contributed by atoms with E-state index in [1.807, 2.05) is 0 Å². The van der Waals surface area contributed by atoms with E-state index in [1.165, 1.54) is 17.7 Å². The number of halogens is 2. The molecule has 4 aliphatic rings. The number of nitrogens with one attached hydrogen (secondary N) is 1. The summed E-state index contributed by atoms with van der Waals surface area (Å²) in [5.41, 5.74) is 4.76. The Balaban J connectivity index is 1.41. The number of likely N-dealkylation sites (tertiary alicyclic amines) is 2. The van der Waals surface area contributed by atoms with E-state index in [4.69, 9.17) is 5.73 Å². The van der Waals surface area contributed by atoms with Crippen LogP contribution in [0.1, 0.15) is 50.5 Å². The topological polar surface area (TPSA) is 102 Å². The lowest BCUT2D eigenvalue weighted by Gasteiger charge is -2.62. The van der Waals surface area contributed by atoms with Gasteiger partial charge in [0, 0.05) is 30.8 Å². The predicted molar refractivity (Wildman–Crippen MR) is 125 cm³/mol. The Labute approximate surface area is 204 Å². The number of alkyl halides is 2. The van der Waals surface area contributed by atoms with Crippen molar-refractivity contribution in [3.8, 4) is 6.07 Å². The summed E-state index contributed by atoms with van der Waals surface area (Å²) in [4.78, 5) is 29.7. The molecule has 0 bridgehead atoms. The number of amides is 3. The van der Waals surface area contributed by atoms with Crippen molar-refractivity contribution in [1.29, 1.82) is 5.26 Å². The normalized spacial score (nSPS) is 25.9. The second-order valence-electron chi connectivity index (χ2n) is 11.1. The van der Waals surface area contributed by atoms with Crippen LogP contribution in [0.15, 0.2) is 30.3 Å². The minimum Gasteiger partial charge on any atom is -0.351 e. The van der Waals surface area contributed by atoms with Crippen LogP contribution in [0.5, 0.6) is 0 Å². The molecule has 2 atom stereocenters. The third-order valence-corrected chi connectivity index (χ3v) is 8.46. The number of urea groups is 1. The van der Waals surface area contributed by atoms with E-state index < -0.39 is 53.6 Å². The molecule has 3 N–H and O–H groups in total. The number of hydrogen-bond acceptors (Lipinski definition) is 4. The molecule has 1 unspecified atom stereocenters. The van der Waals surface area contributed by atoms with Gasteiger partial charge >= 0.3 is 6.03 Å². The fraction of sp³-hybridized carbons (Fsp3) is 0.654. The second kappa shape index (κ2) is 8.74. The summed E-state index contributed by atoms with van der Waals surface area (Å²) in [7, 11) is 0. The number of benzene rings is 1. The number of nitriles is 1. The van der Waals surface area contributed by atoms with Crippen LogP contribution >= 0.6 is 0 Å². The van der Waals surface area contributed by atoms with Gasteiger partial charge in [0.05, 0.1) is 18.0 Å². The molecule has 2 saturated carbocycles. The largest absolute Gasteiger partial charge is 0.351 e. The molecule has 3 amide bonds. The molecule has 1 spiro atoms. The summed E-state index contributed by atoms with van der Waals surface area (Å²) >= 11 is 0. The second-order valence-corrected chi connectivity index (χ2v) is 11.1. The van der Waals surface area contributed by atoms with Gasteiger partial charge in [-0.25, -0.2) is 13.6 Å². The van der Waals surface area contributed by atoms with Crippen molar-refractivity contribution >= 4 is 11.9 Å². The predicted octanol–water partition coefficient (Wildman–Crippen LogP) is 3.05. The standard InChI is InChI=1S/C26H33F2N5O2/c27-26(28,14-18-4-2-1-3-5-18)15-20(22(34)31-25(16-29)8-9-25)21-24(17-33(21)23(30)35)10-12-32(13-11-24)19-6-7-19/h1-5,19-21H,6-15,17H2,(H2,30,35)(H,31,34)/t20-,21?/m0/s1. The lowest BCUT2D eigenvalue weighted by molar-refractivity contribution is -0.153. The fourth-order valence-electron chi connectivity index (χ4n) is 6.19. The Kier molecular flexibility index (Phi) is 5.99. The highest BCUT2D eigenvalue weighted by atomic mass is 19.3. The van der Waals surface area contributed by atoms with Crippen LogP contribution in [0.4, 0.5) is 13.6 Å². The van der Waals surface area contributed by atoms with Gasteiger partial charge in [-0.3, -0.25) is 4.79 Å². The zero-order valence-corrected chi connectivity index (χ0v) is 19.9. The molecule has 2 heterocycles. The Bertz CT molecular complexity index is 1010. The highest BCUT2D eigenvalue weighted by molar-refractivity contribution is 5.83. The Morgan fingerprint density at radius 1 is 1.17 bits per heavy atom. The van der Waals surface area contributed by atoms with Gasteiger partial charge in [-0.2, -0.15) is 5.26 Å². The Hall–Kier alpha value is -2.73. The van der Waals surface area contributed by atoms with Crippen LogP contribution in [0.3, 0.4) is 0 Å². The van der Waals surface area contributed by atoms with Gasteiger partial charge < -0.3 is 20.9 Å². The number of nitrogens with two attached hydrogens (primary N) is 1. The quantitative estimate of drug-likeness (QED) is 0.591. The maximum atomic E-state index is 15.4. The maximum absolute atomic E-state index is 15.4. The molecule has 188 valence electrons.